The monoisotopic (exact) mass is 288 g/mol. The van der Waals surface area contributed by atoms with E-state index in [0.29, 0.717) is 18.3 Å². The average molecular weight is 289 g/mol. The van der Waals surface area contributed by atoms with Crippen LogP contribution in [0.2, 0.25) is 0 Å². The van der Waals surface area contributed by atoms with Crippen LogP contribution in [0.4, 0.5) is 4.39 Å². The van der Waals surface area contributed by atoms with Crippen LogP contribution in [0.5, 0.6) is 5.75 Å². The van der Waals surface area contributed by atoms with Gasteiger partial charge >= 0.3 is 0 Å². The van der Waals surface area contributed by atoms with E-state index >= 15 is 0 Å². The minimum Gasteiger partial charge on any atom is -0.492 e. The number of ether oxygens (including phenoxy) is 1. The van der Waals surface area contributed by atoms with Crippen LogP contribution in [-0.2, 0) is 0 Å². The number of piperidine rings is 1. The second kappa shape index (κ2) is 7.31. The number of carbonyl (C=O) groups excluding carboxylic acids is 1. The van der Waals surface area contributed by atoms with E-state index in [-0.39, 0.29) is 18.0 Å². The van der Waals surface area contributed by atoms with Gasteiger partial charge in [0.15, 0.2) is 0 Å². The zero-order chi connectivity index (χ0) is 13.0. The number of amides is 1. The highest BCUT2D eigenvalue weighted by molar-refractivity contribution is 5.95. The Kier molecular flexibility index (Phi) is 6.05. The minimum absolute atomic E-state index is 0. The number of nitrogens with one attached hydrogen (secondary N) is 1. The molecule has 0 radical (unpaired) electrons. The van der Waals surface area contributed by atoms with Crippen molar-refractivity contribution in [1.82, 2.24) is 5.32 Å². The van der Waals surface area contributed by atoms with Crippen molar-refractivity contribution < 1.29 is 13.9 Å². The molecule has 1 saturated heterocycles. The van der Waals surface area contributed by atoms with Gasteiger partial charge in [-0.3, -0.25) is 4.79 Å². The SMILES string of the molecule is Cl.NC(=O)c1cc(F)ccc1OCC1CCCNC1. The fourth-order valence-corrected chi connectivity index (χ4v) is 2.09. The summed E-state index contributed by atoms with van der Waals surface area (Å²) in [5, 5.41) is 3.29. The Balaban J connectivity index is 0.00000180. The van der Waals surface area contributed by atoms with Gasteiger partial charge in [0.25, 0.3) is 5.91 Å². The summed E-state index contributed by atoms with van der Waals surface area (Å²) in [7, 11) is 0. The number of halogens is 2. The largest absolute Gasteiger partial charge is 0.492 e. The topological polar surface area (TPSA) is 64.4 Å². The molecule has 1 heterocycles. The lowest BCUT2D eigenvalue weighted by molar-refractivity contribution is 0.0994. The molecule has 6 heteroatoms. The molecule has 1 unspecified atom stereocenters. The summed E-state index contributed by atoms with van der Waals surface area (Å²) in [6.45, 7) is 2.46. The minimum atomic E-state index is -0.675. The molecule has 0 saturated carbocycles. The summed E-state index contributed by atoms with van der Waals surface area (Å²) in [6.07, 6.45) is 2.22. The Hall–Kier alpha value is -1.33. The lowest BCUT2D eigenvalue weighted by atomic mass is 10.0. The molecule has 19 heavy (non-hydrogen) atoms. The Labute approximate surface area is 117 Å². The van der Waals surface area contributed by atoms with Gasteiger partial charge in [-0.25, -0.2) is 4.39 Å². The number of rotatable bonds is 4. The maximum Gasteiger partial charge on any atom is 0.252 e. The van der Waals surface area contributed by atoms with Crippen molar-refractivity contribution in [2.45, 2.75) is 12.8 Å². The second-order valence-corrected chi connectivity index (χ2v) is 4.53. The summed E-state index contributed by atoms with van der Waals surface area (Å²) in [5.74, 6) is -0.388. The van der Waals surface area contributed by atoms with E-state index in [1.807, 2.05) is 0 Å². The molecule has 0 aromatic heterocycles. The van der Waals surface area contributed by atoms with E-state index in [1.54, 1.807) is 0 Å². The van der Waals surface area contributed by atoms with E-state index in [9.17, 15) is 9.18 Å². The quantitative estimate of drug-likeness (QED) is 0.887. The van der Waals surface area contributed by atoms with Gasteiger partial charge in [0.2, 0.25) is 0 Å². The van der Waals surface area contributed by atoms with E-state index in [1.165, 1.54) is 12.1 Å². The first-order valence-corrected chi connectivity index (χ1v) is 6.09. The first-order chi connectivity index (χ1) is 8.66. The maximum absolute atomic E-state index is 13.0. The summed E-state index contributed by atoms with van der Waals surface area (Å²) in [4.78, 5) is 11.2. The van der Waals surface area contributed by atoms with Crippen LogP contribution in [-0.4, -0.2) is 25.6 Å². The molecule has 0 spiro atoms. The first-order valence-electron chi connectivity index (χ1n) is 6.09. The van der Waals surface area contributed by atoms with Gasteiger partial charge in [0, 0.05) is 12.5 Å². The van der Waals surface area contributed by atoms with Crippen LogP contribution in [0.1, 0.15) is 23.2 Å². The fourth-order valence-electron chi connectivity index (χ4n) is 2.09. The zero-order valence-electron chi connectivity index (χ0n) is 10.5. The first kappa shape index (κ1) is 15.7. The number of hydrogen-bond donors (Lipinski definition) is 2. The van der Waals surface area contributed by atoms with Crippen LogP contribution in [0.15, 0.2) is 18.2 Å². The number of nitrogens with two attached hydrogens (primary N) is 1. The van der Waals surface area contributed by atoms with Gasteiger partial charge < -0.3 is 15.8 Å². The van der Waals surface area contributed by atoms with E-state index in [0.717, 1.165) is 32.0 Å². The van der Waals surface area contributed by atoms with Crippen LogP contribution < -0.4 is 15.8 Å². The molecule has 1 aromatic carbocycles. The normalized spacial score (nSPS) is 18.5. The van der Waals surface area contributed by atoms with E-state index in [4.69, 9.17) is 10.5 Å². The summed E-state index contributed by atoms with van der Waals surface area (Å²) >= 11 is 0. The molecule has 0 bridgehead atoms. The number of benzene rings is 1. The molecule has 1 aliphatic heterocycles. The van der Waals surface area contributed by atoms with Crippen molar-refractivity contribution in [3.8, 4) is 5.75 Å². The highest BCUT2D eigenvalue weighted by atomic mass is 35.5. The Bertz CT molecular complexity index is 437. The third-order valence-corrected chi connectivity index (χ3v) is 3.08. The van der Waals surface area contributed by atoms with Gasteiger partial charge in [-0.15, -0.1) is 12.4 Å². The summed E-state index contributed by atoms with van der Waals surface area (Å²) in [6, 6.07) is 3.82. The molecule has 2 rings (SSSR count). The van der Waals surface area contributed by atoms with Crippen LogP contribution in [0.3, 0.4) is 0 Å². The van der Waals surface area contributed by atoms with Crippen LogP contribution in [0.25, 0.3) is 0 Å². The van der Waals surface area contributed by atoms with Gasteiger partial charge in [-0.2, -0.15) is 0 Å². The Morgan fingerprint density at radius 1 is 1.53 bits per heavy atom. The third kappa shape index (κ3) is 4.36. The van der Waals surface area contributed by atoms with Crippen molar-refractivity contribution in [3.05, 3.63) is 29.6 Å². The number of primary amides is 1. The molecule has 1 fully saturated rings. The number of carbonyl (C=O) groups is 1. The van der Waals surface area contributed by atoms with Crippen molar-refractivity contribution in [1.29, 1.82) is 0 Å². The van der Waals surface area contributed by atoms with E-state index in [2.05, 4.69) is 5.32 Å². The van der Waals surface area contributed by atoms with Crippen LogP contribution in [0, 0.1) is 11.7 Å². The Morgan fingerprint density at radius 3 is 2.95 bits per heavy atom. The molecule has 1 aliphatic rings. The van der Waals surface area contributed by atoms with Gasteiger partial charge in [0.05, 0.1) is 12.2 Å². The Morgan fingerprint density at radius 2 is 2.32 bits per heavy atom. The predicted octanol–water partition coefficient (Wildman–Crippen LogP) is 1.72. The molecule has 4 nitrogen and oxygen atoms in total. The molecular weight excluding hydrogens is 271 g/mol. The lowest BCUT2D eigenvalue weighted by Crippen LogP contribution is -2.33. The van der Waals surface area contributed by atoms with Gasteiger partial charge in [-0.1, -0.05) is 0 Å². The van der Waals surface area contributed by atoms with Crippen molar-refractivity contribution in [2.75, 3.05) is 19.7 Å². The lowest BCUT2D eigenvalue weighted by Gasteiger charge is -2.23. The highest BCUT2D eigenvalue weighted by Crippen LogP contribution is 2.21. The molecule has 106 valence electrons. The van der Waals surface area contributed by atoms with Crippen LogP contribution >= 0.6 is 12.4 Å². The van der Waals surface area contributed by atoms with E-state index < -0.39 is 11.7 Å². The highest BCUT2D eigenvalue weighted by Gasteiger charge is 2.16. The van der Waals surface area contributed by atoms with Crippen molar-refractivity contribution in [2.24, 2.45) is 11.7 Å². The average Bonchev–Trinajstić information content (AvgIpc) is 2.38. The summed E-state index contributed by atoms with van der Waals surface area (Å²) < 4.78 is 18.6. The molecular formula is C13H18ClFN2O2. The molecule has 1 aromatic rings. The smallest absolute Gasteiger partial charge is 0.252 e. The maximum atomic E-state index is 13.0. The molecule has 3 N–H and O–H groups in total. The fraction of sp³-hybridized carbons (Fsp3) is 0.462. The summed E-state index contributed by atoms with van der Waals surface area (Å²) in [5.41, 5.74) is 5.29. The molecule has 1 amide bonds. The number of hydrogen-bond acceptors (Lipinski definition) is 3. The van der Waals surface area contributed by atoms with Gasteiger partial charge in [0.1, 0.15) is 11.6 Å². The molecule has 1 atom stereocenters. The van der Waals surface area contributed by atoms with Gasteiger partial charge in [-0.05, 0) is 37.6 Å². The van der Waals surface area contributed by atoms with Crippen molar-refractivity contribution >= 4 is 18.3 Å². The standard InChI is InChI=1S/C13H17FN2O2.ClH/c14-10-3-4-12(11(6-10)13(15)17)18-8-9-2-1-5-16-7-9;/h3-4,6,9,16H,1-2,5,7-8H2,(H2,15,17);1H. The third-order valence-electron chi connectivity index (χ3n) is 3.08. The predicted molar refractivity (Wildman–Crippen MR) is 73.3 cm³/mol. The van der Waals surface area contributed by atoms with Crippen molar-refractivity contribution in [3.63, 3.8) is 0 Å². The second-order valence-electron chi connectivity index (χ2n) is 4.53. The molecule has 0 aliphatic carbocycles. The zero-order valence-corrected chi connectivity index (χ0v) is 11.3.